The minimum atomic E-state index is -0.745. The number of rotatable bonds is 4. The van der Waals surface area contributed by atoms with Crippen LogP contribution in [0.1, 0.15) is 24.3 Å². The molecule has 7 heteroatoms. The fourth-order valence-corrected chi connectivity index (χ4v) is 1.27. The topological polar surface area (TPSA) is 124 Å². The minimum Gasteiger partial charge on any atom is -0.382 e. The van der Waals surface area contributed by atoms with Crippen LogP contribution in [0, 0.1) is 5.92 Å². The van der Waals surface area contributed by atoms with Crippen molar-refractivity contribution in [3.8, 4) is 0 Å². The van der Waals surface area contributed by atoms with Crippen LogP contribution < -0.4 is 16.8 Å². The number of nitrogens with two attached hydrogens (primary N) is 2. The summed E-state index contributed by atoms with van der Waals surface area (Å²) in [6.45, 7) is 3.56. The van der Waals surface area contributed by atoms with Gasteiger partial charge in [-0.25, -0.2) is 4.98 Å². The van der Waals surface area contributed by atoms with Crippen molar-refractivity contribution in [1.82, 2.24) is 15.3 Å². The average Bonchev–Trinajstić information content (AvgIpc) is 2.24. The molecule has 17 heavy (non-hydrogen) atoms. The first kappa shape index (κ1) is 12.9. The molecular weight excluding hydrogens is 222 g/mol. The van der Waals surface area contributed by atoms with Gasteiger partial charge in [-0.15, -0.1) is 0 Å². The molecule has 0 aliphatic heterocycles. The first-order valence-electron chi connectivity index (χ1n) is 5.09. The Morgan fingerprint density at radius 1 is 1.35 bits per heavy atom. The van der Waals surface area contributed by atoms with Gasteiger partial charge in [-0.3, -0.25) is 14.6 Å². The molecule has 1 aromatic rings. The molecule has 1 unspecified atom stereocenters. The zero-order chi connectivity index (χ0) is 13.0. The average molecular weight is 237 g/mol. The third kappa shape index (κ3) is 3.40. The second-order valence-electron chi connectivity index (χ2n) is 3.93. The number of anilines is 1. The van der Waals surface area contributed by atoms with Crippen LogP contribution >= 0.6 is 0 Å². The number of nitrogens with zero attached hydrogens (tertiary/aromatic N) is 2. The summed E-state index contributed by atoms with van der Waals surface area (Å²) in [5, 5.41) is 2.49. The lowest BCUT2D eigenvalue weighted by Crippen LogP contribution is -2.47. The Morgan fingerprint density at radius 3 is 2.47 bits per heavy atom. The van der Waals surface area contributed by atoms with E-state index in [1.807, 2.05) is 0 Å². The Kier molecular flexibility index (Phi) is 3.97. The highest BCUT2D eigenvalue weighted by atomic mass is 16.2. The van der Waals surface area contributed by atoms with Crippen molar-refractivity contribution in [3.05, 3.63) is 18.1 Å². The maximum absolute atomic E-state index is 11.7. The van der Waals surface area contributed by atoms with Crippen LogP contribution in [0.4, 0.5) is 5.82 Å². The molecule has 0 spiro atoms. The molecule has 0 bridgehead atoms. The van der Waals surface area contributed by atoms with E-state index in [0.717, 1.165) is 0 Å². The lowest BCUT2D eigenvalue weighted by molar-refractivity contribution is -0.120. The molecule has 1 aromatic heterocycles. The molecular formula is C10H15N5O2. The third-order valence-electron chi connectivity index (χ3n) is 2.15. The fraction of sp³-hybridized carbons (Fsp3) is 0.400. The van der Waals surface area contributed by atoms with Crippen LogP contribution in [0.3, 0.4) is 0 Å². The second kappa shape index (κ2) is 5.24. The number of carbonyl (C=O) groups excluding carboxylic acids is 2. The lowest BCUT2D eigenvalue weighted by Gasteiger charge is -2.18. The summed E-state index contributed by atoms with van der Waals surface area (Å²) in [6, 6.07) is -0.745. The molecule has 0 aromatic carbocycles. The molecule has 0 fully saturated rings. The number of aromatic nitrogens is 2. The molecule has 0 saturated heterocycles. The number of hydrogen-bond acceptors (Lipinski definition) is 5. The van der Waals surface area contributed by atoms with Crippen LogP contribution in [0.5, 0.6) is 0 Å². The van der Waals surface area contributed by atoms with Crippen molar-refractivity contribution in [2.75, 3.05) is 5.73 Å². The van der Waals surface area contributed by atoms with Crippen molar-refractivity contribution < 1.29 is 9.59 Å². The summed E-state index contributed by atoms with van der Waals surface area (Å²) in [5.41, 5.74) is 10.6. The first-order valence-corrected chi connectivity index (χ1v) is 5.09. The van der Waals surface area contributed by atoms with E-state index in [2.05, 4.69) is 15.3 Å². The molecule has 1 rings (SSSR count). The SMILES string of the molecule is CC(C)C(NC(=O)c1cncc(N)n1)C(N)=O. The van der Waals surface area contributed by atoms with Gasteiger partial charge in [0.25, 0.3) is 5.91 Å². The van der Waals surface area contributed by atoms with Gasteiger partial charge in [0.15, 0.2) is 0 Å². The van der Waals surface area contributed by atoms with Gasteiger partial charge in [0, 0.05) is 0 Å². The molecule has 1 heterocycles. The van der Waals surface area contributed by atoms with E-state index in [4.69, 9.17) is 11.5 Å². The number of nitrogens with one attached hydrogen (secondary N) is 1. The van der Waals surface area contributed by atoms with Crippen molar-refractivity contribution in [2.45, 2.75) is 19.9 Å². The Bertz CT molecular complexity index is 432. The Balaban J connectivity index is 2.81. The highest BCUT2D eigenvalue weighted by Crippen LogP contribution is 2.03. The van der Waals surface area contributed by atoms with Gasteiger partial charge >= 0.3 is 0 Å². The standard InChI is InChI=1S/C10H15N5O2/c1-5(2)8(9(12)16)15-10(17)6-3-13-4-7(11)14-6/h3-5,8H,1-2H3,(H2,11,14)(H2,12,16)(H,15,17). The van der Waals surface area contributed by atoms with E-state index in [0.29, 0.717) is 0 Å². The number of primary amides is 1. The monoisotopic (exact) mass is 237 g/mol. The number of amides is 2. The molecule has 7 nitrogen and oxygen atoms in total. The Morgan fingerprint density at radius 2 is 2.00 bits per heavy atom. The Labute approximate surface area is 98.6 Å². The van der Waals surface area contributed by atoms with E-state index in [1.54, 1.807) is 13.8 Å². The van der Waals surface area contributed by atoms with E-state index < -0.39 is 17.9 Å². The molecule has 0 saturated carbocycles. The molecule has 1 atom stereocenters. The van der Waals surface area contributed by atoms with Crippen molar-refractivity contribution >= 4 is 17.6 Å². The van der Waals surface area contributed by atoms with Crippen molar-refractivity contribution in [2.24, 2.45) is 11.7 Å². The van der Waals surface area contributed by atoms with E-state index in [1.165, 1.54) is 12.4 Å². The highest BCUT2D eigenvalue weighted by Gasteiger charge is 2.22. The van der Waals surface area contributed by atoms with Crippen LogP contribution in [0.15, 0.2) is 12.4 Å². The molecule has 0 radical (unpaired) electrons. The van der Waals surface area contributed by atoms with Gasteiger partial charge in [0.1, 0.15) is 17.6 Å². The van der Waals surface area contributed by atoms with Gasteiger partial charge in [-0.05, 0) is 5.92 Å². The largest absolute Gasteiger partial charge is 0.382 e. The predicted octanol–water partition coefficient (Wildman–Crippen LogP) is -0.701. The first-order chi connectivity index (χ1) is 7.91. The number of nitrogen functional groups attached to an aromatic ring is 1. The highest BCUT2D eigenvalue weighted by molar-refractivity contribution is 5.95. The summed E-state index contributed by atoms with van der Waals surface area (Å²) < 4.78 is 0. The van der Waals surface area contributed by atoms with Crippen LogP contribution in [0.2, 0.25) is 0 Å². The van der Waals surface area contributed by atoms with E-state index in [9.17, 15) is 9.59 Å². The lowest BCUT2D eigenvalue weighted by atomic mass is 10.0. The van der Waals surface area contributed by atoms with Crippen molar-refractivity contribution in [3.63, 3.8) is 0 Å². The van der Waals surface area contributed by atoms with Crippen LogP contribution in [0.25, 0.3) is 0 Å². The quantitative estimate of drug-likeness (QED) is 0.638. The van der Waals surface area contributed by atoms with Gasteiger partial charge < -0.3 is 16.8 Å². The summed E-state index contributed by atoms with van der Waals surface area (Å²) >= 11 is 0. The predicted molar refractivity (Wildman–Crippen MR) is 61.7 cm³/mol. The maximum atomic E-state index is 11.7. The van der Waals surface area contributed by atoms with Crippen LogP contribution in [-0.2, 0) is 4.79 Å². The van der Waals surface area contributed by atoms with Gasteiger partial charge in [0.2, 0.25) is 5.91 Å². The normalized spacial score (nSPS) is 12.2. The molecule has 0 aliphatic carbocycles. The van der Waals surface area contributed by atoms with Crippen LogP contribution in [-0.4, -0.2) is 27.8 Å². The smallest absolute Gasteiger partial charge is 0.272 e. The molecule has 0 aliphatic rings. The van der Waals surface area contributed by atoms with Gasteiger partial charge in [-0.1, -0.05) is 13.8 Å². The summed E-state index contributed by atoms with van der Waals surface area (Å²) in [5.74, 6) is -1.09. The molecule has 5 N–H and O–H groups in total. The number of hydrogen-bond donors (Lipinski definition) is 3. The molecule has 92 valence electrons. The van der Waals surface area contributed by atoms with E-state index >= 15 is 0 Å². The second-order valence-corrected chi connectivity index (χ2v) is 3.93. The van der Waals surface area contributed by atoms with Gasteiger partial charge in [0.05, 0.1) is 12.4 Å². The maximum Gasteiger partial charge on any atom is 0.272 e. The van der Waals surface area contributed by atoms with E-state index in [-0.39, 0.29) is 17.4 Å². The summed E-state index contributed by atoms with van der Waals surface area (Å²) in [4.78, 5) is 30.4. The zero-order valence-electron chi connectivity index (χ0n) is 9.68. The zero-order valence-corrected chi connectivity index (χ0v) is 9.68. The third-order valence-corrected chi connectivity index (χ3v) is 2.15. The molecule has 2 amide bonds. The minimum absolute atomic E-state index is 0.0527. The fourth-order valence-electron chi connectivity index (χ4n) is 1.27. The Hall–Kier alpha value is -2.18. The van der Waals surface area contributed by atoms with Gasteiger partial charge in [-0.2, -0.15) is 0 Å². The summed E-state index contributed by atoms with van der Waals surface area (Å²) in [6.07, 6.45) is 2.59. The summed E-state index contributed by atoms with van der Waals surface area (Å²) in [7, 11) is 0. The van der Waals surface area contributed by atoms with Crippen molar-refractivity contribution in [1.29, 1.82) is 0 Å². The number of carbonyl (C=O) groups is 2.